The predicted octanol–water partition coefficient (Wildman–Crippen LogP) is 1.24. The molecule has 0 fully saturated rings. The summed E-state index contributed by atoms with van der Waals surface area (Å²) in [6, 6.07) is 8.90. The molecule has 0 bridgehead atoms. The van der Waals surface area contributed by atoms with Crippen LogP contribution in [-0.4, -0.2) is 35.9 Å². The van der Waals surface area contributed by atoms with E-state index >= 15 is 0 Å². The first kappa shape index (κ1) is 16.6. The Morgan fingerprint density at radius 1 is 1.30 bits per heavy atom. The molecule has 1 atom stereocenters. The number of carbonyl (C=O) groups excluding carboxylic acids is 2. The molecule has 8 nitrogen and oxygen atoms in total. The Kier molecular flexibility index (Phi) is 4.75. The lowest BCUT2D eigenvalue weighted by Crippen LogP contribution is -2.57. The van der Waals surface area contributed by atoms with Crippen molar-refractivity contribution >= 4 is 28.9 Å². The third kappa shape index (κ3) is 2.93. The van der Waals surface area contributed by atoms with Crippen molar-refractivity contribution in [2.45, 2.75) is 26.4 Å². The van der Waals surface area contributed by atoms with Crippen LogP contribution in [0, 0.1) is 0 Å². The number of benzene rings is 1. The van der Waals surface area contributed by atoms with E-state index in [4.69, 9.17) is 9.68 Å². The Bertz CT molecular complexity index is 671. The molecule has 0 saturated heterocycles. The van der Waals surface area contributed by atoms with Crippen LogP contribution in [0.25, 0.3) is 0 Å². The number of hydrazone groups is 1. The fraction of sp³-hybridized carbons (Fsp3) is 0.333. The second kappa shape index (κ2) is 6.57. The minimum Gasteiger partial charge on any atom is -0.399 e. The molecule has 1 N–H and O–H groups in total. The molecule has 2 rings (SSSR count). The van der Waals surface area contributed by atoms with E-state index in [1.54, 1.807) is 38.1 Å². The minimum atomic E-state index is -1.64. The molecule has 1 aliphatic heterocycles. The average Bonchev–Trinajstić information content (AvgIpc) is 2.78. The molecule has 0 spiro atoms. The summed E-state index contributed by atoms with van der Waals surface area (Å²) in [6.07, 6.45) is 0. The van der Waals surface area contributed by atoms with E-state index in [0.29, 0.717) is 11.4 Å². The fourth-order valence-electron chi connectivity index (χ4n) is 2.27. The maximum absolute atomic E-state index is 13.0. The van der Waals surface area contributed by atoms with Gasteiger partial charge in [0.1, 0.15) is 12.8 Å². The quantitative estimate of drug-likeness (QED) is 0.653. The minimum absolute atomic E-state index is 0.221. The van der Waals surface area contributed by atoms with Gasteiger partial charge in [0.25, 0.3) is 11.5 Å². The van der Waals surface area contributed by atoms with Gasteiger partial charge in [-0.1, -0.05) is 23.4 Å². The third-order valence-corrected chi connectivity index (χ3v) is 3.34. The van der Waals surface area contributed by atoms with E-state index in [1.165, 1.54) is 19.0 Å². The van der Waals surface area contributed by atoms with Crippen molar-refractivity contribution in [2.75, 3.05) is 12.1 Å². The van der Waals surface area contributed by atoms with E-state index in [-0.39, 0.29) is 5.71 Å². The molecule has 1 aromatic rings. The van der Waals surface area contributed by atoms with Gasteiger partial charge in [-0.2, -0.15) is 10.1 Å². The molecule has 1 aliphatic rings. The van der Waals surface area contributed by atoms with Crippen LogP contribution in [-0.2, 0) is 19.3 Å². The van der Waals surface area contributed by atoms with Gasteiger partial charge in [0.15, 0.2) is 0 Å². The molecule has 2 amide bonds. The number of carbonyl (C=O) groups is 2. The highest BCUT2D eigenvalue weighted by molar-refractivity contribution is 6.35. The van der Waals surface area contributed by atoms with Gasteiger partial charge in [0.05, 0.1) is 11.4 Å². The zero-order chi connectivity index (χ0) is 17.0. The third-order valence-electron chi connectivity index (χ3n) is 3.34. The van der Waals surface area contributed by atoms with Crippen LogP contribution in [0.5, 0.6) is 0 Å². The van der Waals surface area contributed by atoms with Crippen LogP contribution < -0.4 is 10.5 Å². The highest BCUT2D eigenvalue weighted by Gasteiger charge is 2.55. The summed E-state index contributed by atoms with van der Waals surface area (Å²) < 4.78 is 0. The van der Waals surface area contributed by atoms with Crippen molar-refractivity contribution in [2.24, 2.45) is 10.3 Å². The molecule has 1 unspecified atom stereocenters. The Hall–Kier alpha value is -2.74. The first-order chi connectivity index (χ1) is 10.9. The van der Waals surface area contributed by atoms with E-state index in [9.17, 15) is 9.59 Å². The Morgan fingerprint density at radius 2 is 1.96 bits per heavy atom. The lowest BCUT2D eigenvalue weighted by Gasteiger charge is -2.26. The molecular formula is C15H18N4O4. The SMILES string of the molecule is CON=C(C)C1(ONC(C)=O)C(=O)N(c2ccccc2)N=C1C. The second-order valence-corrected chi connectivity index (χ2v) is 4.94. The summed E-state index contributed by atoms with van der Waals surface area (Å²) in [4.78, 5) is 34.3. The average molecular weight is 318 g/mol. The Labute approximate surface area is 133 Å². The van der Waals surface area contributed by atoms with Gasteiger partial charge >= 0.3 is 0 Å². The number of hydrogen-bond donors (Lipinski definition) is 1. The number of hydroxylamine groups is 1. The van der Waals surface area contributed by atoms with Gasteiger partial charge < -0.3 is 4.84 Å². The van der Waals surface area contributed by atoms with Crippen molar-refractivity contribution in [3.8, 4) is 0 Å². The smallest absolute Gasteiger partial charge is 0.294 e. The summed E-state index contributed by atoms with van der Waals surface area (Å²) in [7, 11) is 1.36. The molecule has 0 aliphatic carbocycles. The first-order valence-electron chi connectivity index (χ1n) is 6.91. The fourth-order valence-corrected chi connectivity index (χ4v) is 2.27. The standard InChI is InChI=1S/C15H18N4O4/c1-10-15(11(2)17-22-4,23-18-12(3)20)14(21)19(16-10)13-8-6-5-7-9-13/h5-9H,1-4H3,(H,18,20). The van der Waals surface area contributed by atoms with E-state index in [2.05, 4.69) is 15.7 Å². The van der Waals surface area contributed by atoms with Crippen molar-refractivity contribution in [3.05, 3.63) is 30.3 Å². The number of para-hydroxylation sites is 1. The number of hydrogen-bond acceptors (Lipinski definition) is 6. The van der Waals surface area contributed by atoms with Gasteiger partial charge in [-0.3, -0.25) is 9.59 Å². The van der Waals surface area contributed by atoms with E-state index in [0.717, 1.165) is 0 Å². The lowest BCUT2D eigenvalue weighted by molar-refractivity contribution is -0.144. The molecule has 1 heterocycles. The zero-order valence-corrected chi connectivity index (χ0v) is 13.4. The zero-order valence-electron chi connectivity index (χ0n) is 13.4. The summed E-state index contributed by atoms with van der Waals surface area (Å²) >= 11 is 0. The van der Waals surface area contributed by atoms with Crippen LogP contribution in [0.4, 0.5) is 5.69 Å². The number of nitrogens with one attached hydrogen (secondary N) is 1. The van der Waals surface area contributed by atoms with Crippen LogP contribution >= 0.6 is 0 Å². The van der Waals surface area contributed by atoms with Gasteiger partial charge in [-0.05, 0) is 26.0 Å². The van der Waals surface area contributed by atoms with Crippen LogP contribution in [0.15, 0.2) is 40.6 Å². The maximum atomic E-state index is 13.0. The van der Waals surface area contributed by atoms with Crippen molar-refractivity contribution in [3.63, 3.8) is 0 Å². The molecule has 8 heteroatoms. The van der Waals surface area contributed by atoms with E-state index in [1.807, 2.05) is 6.07 Å². The van der Waals surface area contributed by atoms with Crippen LogP contribution in [0.2, 0.25) is 0 Å². The highest BCUT2D eigenvalue weighted by Crippen LogP contribution is 2.30. The number of oxime groups is 1. The molecule has 0 aromatic heterocycles. The lowest BCUT2D eigenvalue weighted by atomic mass is 9.93. The van der Waals surface area contributed by atoms with Crippen LogP contribution in [0.1, 0.15) is 20.8 Å². The summed E-state index contributed by atoms with van der Waals surface area (Å²) in [6.45, 7) is 4.46. The maximum Gasteiger partial charge on any atom is 0.294 e. The Morgan fingerprint density at radius 3 is 2.52 bits per heavy atom. The molecule has 0 saturated carbocycles. The topological polar surface area (TPSA) is 92.6 Å². The van der Waals surface area contributed by atoms with Gasteiger partial charge in [0, 0.05) is 6.92 Å². The van der Waals surface area contributed by atoms with Crippen molar-refractivity contribution in [1.29, 1.82) is 0 Å². The number of rotatable bonds is 5. The highest BCUT2D eigenvalue weighted by atomic mass is 16.7. The second-order valence-electron chi connectivity index (χ2n) is 4.94. The normalized spacial score (nSPS) is 21.2. The van der Waals surface area contributed by atoms with Gasteiger partial charge in [0.2, 0.25) is 5.91 Å². The van der Waals surface area contributed by atoms with Crippen molar-refractivity contribution in [1.82, 2.24) is 5.48 Å². The molecule has 1 aromatic carbocycles. The molecule has 122 valence electrons. The van der Waals surface area contributed by atoms with Crippen LogP contribution in [0.3, 0.4) is 0 Å². The molecular weight excluding hydrogens is 300 g/mol. The molecule has 23 heavy (non-hydrogen) atoms. The Balaban J connectivity index is 2.46. The largest absolute Gasteiger partial charge is 0.399 e. The van der Waals surface area contributed by atoms with Gasteiger partial charge in [-0.15, -0.1) is 0 Å². The summed E-state index contributed by atoms with van der Waals surface area (Å²) in [5, 5.41) is 9.27. The van der Waals surface area contributed by atoms with Crippen molar-refractivity contribution < 1.29 is 19.3 Å². The molecule has 0 radical (unpaired) electrons. The van der Waals surface area contributed by atoms with Gasteiger partial charge in [-0.25, -0.2) is 10.3 Å². The van der Waals surface area contributed by atoms with E-state index < -0.39 is 17.4 Å². The number of nitrogens with zero attached hydrogens (tertiary/aromatic N) is 3. The summed E-state index contributed by atoms with van der Waals surface area (Å²) in [5.74, 6) is -0.943. The predicted molar refractivity (Wildman–Crippen MR) is 84.8 cm³/mol. The summed E-state index contributed by atoms with van der Waals surface area (Å²) in [5.41, 5.74) is 1.69. The monoisotopic (exact) mass is 318 g/mol. The first-order valence-corrected chi connectivity index (χ1v) is 6.91. The number of anilines is 1. The number of amides is 2.